The molecule has 1 aromatic carbocycles. The maximum atomic E-state index is 12.5. The minimum Gasteiger partial charge on any atom is -0.320 e. The van der Waals surface area contributed by atoms with Crippen molar-refractivity contribution < 1.29 is 4.79 Å². The van der Waals surface area contributed by atoms with E-state index in [2.05, 4.69) is 15.3 Å². The number of nitrogens with one attached hydrogen (secondary N) is 2. The smallest absolute Gasteiger partial charge is 0.258 e. The number of carbonyl (C=O) groups is 1. The summed E-state index contributed by atoms with van der Waals surface area (Å²) in [6.45, 7) is 0. The Kier molecular flexibility index (Phi) is 3.26. The van der Waals surface area contributed by atoms with Crippen LogP contribution in [0.3, 0.4) is 0 Å². The van der Waals surface area contributed by atoms with Crippen LogP contribution in [-0.2, 0) is 0 Å². The monoisotopic (exact) mass is 322 g/mol. The number of benzene rings is 1. The van der Waals surface area contributed by atoms with Gasteiger partial charge in [0.2, 0.25) is 0 Å². The van der Waals surface area contributed by atoms with Gasteiger partial charge in [0.05, 0.1) is 23.0 Å². The summed E-state index contributed by atoms with van der Waals surface area (Å²) >= 11 is 0. The number of rotatable bonds is 3. The molecule has 1 amide bonds. The zero-order valence-corrected chi connectivity index (χ0v) is 12.7. The maximum Gasteiger partial charge on any atom is 0.258 e. The van der Waals surface area contributed by atoms with E-state index >= 15 is 0 Å². The van der Waals surface area contributed by atoms with Crippen molar-refractivity contribution in [2.45, 2.75) is 18.9 Å². The Bertz CT molecular complexity index is 1060. The molecule has 0 bridgehead atoms. The molecule has 4 rings (SSSR count). The first-order valence-electron chi connectivity index (χ1n) is 7.63. The summed E-state index contributed by atoms with van der Waals surface area (Å²) in [6.07, 6.45) is 4.80. The molecule has 0 saturated heterocycles. The van der Waals surface area contributed by atoms with Crippen molar-refractivity contribution >= 4 is 22.5 Å². The summed E-state index contributed by atoms with van der Waals surface area (Å²) in [4.78, 5) is 42.8. The van der Waals surface area contributed by atoms with E-state index in [1.807, 2.05) is 0 Å². The SMILES string of the molecule is O=C(Nc1cccc2c(=O)[nH]cnc12)c1ccc(=O)n(C2CC2)c1. The molecule has 1 aliphatic carbocycles. The average Bonchev–Trinajstić information content (AvgIpc) is 3.41. The van der Waals surface area contributed by atoms with Gasteiger partial charge in [0.1, 0.15) is 5.52 Å². The minimum atomic E-state index is -0.348. The van der Waals surface area contributed by atoms with Gasteiger partial charge in [-0.1, -0.05) is 6.07 Å². The Morgan fingerprint density at radius 1 is 1.21 bits per heavy atom. The van der Waals surface area contributed by atoms with E-state index in [1.165, 1.54) is 18.5 Å². The summed E-state index contributed by atoms with van der Waals surface area (Å²) in [6, 6.07) is 8.11. The lowest BCUT2D eigenvalue weighted by Gasteiger charge is -2.09. The molecule has 0 atom stereocenters. The molecule has 7 heteroatoms. The average molecular weight is 322 g/mol. The van der Waals surface area contributed by atoms with E-state index in [9.17, 15) is 14.4 Å². The fourth-order valence-electron chi connectivity index (χ4n) is 2.67. The van der Waals surface area contributed by atoms with Crippen LogP contribution in [0.4, 0.5) is 5.69 Å². The number of carbonyl (C=O) groups excluding carboxylic acids is 1. The zero-order chi connectivity index (χ0) is 16.7. The molecule has 0 aliphatic heterocycles. The highest BCUT2D eigenvalue weighted by Crippen LogP contribution is 2.33. The first kappa shape index (κ1) is 14.4. The molecule has 24 heavy (non-hydrogen) atoms. The number of anilines is 1. The van der Waals surface area contributed by atoms with Gasteiger partial charge in [-0.15, -0.1) is 0 Å². The van der Waals surface area contributed by atoms with Crippen molar-refractivity contribution in [3.63, 3.8) is 0 Å². The van der Waals surface area contributed by atoms with Gasteiger partial charge in [-0.05, 0) is 31.0 Å². The van der Waals surface area contributed by atoms with Crippen LogP contribution in [0.2, 0.25) is 0 Å². The first-order chi connectivity index (χ1) is 11.6. The Hall–Kier alpha value is -3.22. The number of pyridine rings is 1. The quantitative estimate of drug-likeness (QED) is 0.766. The van der Waals surface area contributed by atoms with Gasteiger partial charge >= 0.3 is 0 Å². The van der Waals surface area contributed by atoms with E-state index in [1.54, 1.807) is 29.0 Å². The summed E-state index contributed by atoms with van der Waals surface area (Å²) in [5.41, 5.74) is 0.895. The van der Waals surface area contributed by atoms with E-state index in [0.29, 0.717) is 22.2 Å². The summed E-state index contributed by atoms with van der Waals surface area (Å²) in [5, 5.41) is 3.17. The van der Waals surface area contributed by atoms with Crippen LogP contribution in [0.25, 0.3) is 10.9 Å². The van der Waals surface area contributed by atoms with Gasteiger partial charge in [0, 0.05) is 18.3 Å². The van der Waals surface area contributed by atoms with Crippen LogP contribution in [0, 0.1) is 0 Å². The van der Waals surface area contributed by atoms with Crippen LogP contribution in [-0.4, -0.2) is 20.4 Å². The second-order valence-corrected chi connectivity index (χ2v) is 5.78. The van der Waals surface area contributed by atoms with Crippen molar-refractivity contribution in [1.82, 2.24) is 14.5 Å². The fourth-order valence-corrected chi connectivity index (χ4v) is 2.67. The molecule has 1 saturated carbocycles. The zero-order valence-electron chi connectivity index (χ0n) is 12.7. The maximum absolute atomic E-state index is 12.5. The minimum absolute atomic E-state index is 0.104. The van der Waals surface area contributed by atoms with Crippen LogP contribution in [0.5, 0.6) is 0 Å². The molecular weight excluding hydrogens is 308 g/mol. The molecule has 1 fully saturated rings. The Labute approximate surface area is 136 Å². The summed E-state index contributed by atoms with van der Waals surface area (Å²) < 4.78 is 1.60. The van der Waals surface area contributed by atoms with Gasteiger partial charge in [-0.25, -0.2) is 4.98 Å². The molecule has 3 aromatic rings. The second kappa shape index (κ2) is 5.45. The number of hydrogen-bond donors (Lipinski definition) is 2. The van der Waals surface area contributed by atoms with E-state index in [0.717, 1.165) is 12.8 Å². The molecule has 2 aromatic heterocycles. The normalized spacial score (nSPS) is 13.8. The molecule has 2 N–H and O–H groups in total. The third-order valence-electron chi connectivity index (χ3n) is 4.06. The van der Waals surface area contributed by atoms with E-state index < -0.39 is 0 Å². The fraction of sp³-hybridized carbons (Fsp3) is 0.176. The molecule has 7 nitrogen and oxygen atoms in total. The lowest BCUT2D eigenvalue weighted by molar-refractivity contribution is 0.102. The molecule has 0 unspecified atom stereocenters. The lowest BCUT2D eigenvalue weighted by atomic mass is 10.2. The Morgan fingerprint density at radius 3 is 2.83 bits per heavy atom. The van der Waals surface area contributed by atoms with E-state index in [4.69, 9.17) is 0 Å². The third kappa shape index (κ3) is 2.50. The number of aromatic nitrogens is 3. The standard InChI is InChI=1S/C17H14N4O3/c22-14-7-4-10(8-21(14)11-5-6-11)16(23)20-13-3-1-2-12-15(13)18-9-19-17(12)24/h1-4,7-9,11H,5-6H2,(H,20,23)(H,18,19,24). The van der Waals surface area contributed by atoms with Crippen LogP contribution in [0.1, 0.15) is 29.2 Å². The largest absolute Gasteiger partial charge is 0.320 e. The molecule has 1 aliphatic rings. The summed E-state index contributed by atoms with van der Waals surface area (Å²) in [7, 11) is 0. The van der Waals surface area contributed by atoms with Gasteiger partial charge < -0.3 is 14.9 Å². The number of H-pyrrole nitrogens is 1. The summed E-state index contributed by atoms with van der Waals surface area (Å²) in [5.74, 6) is -0.348. The predicted molar refractivity (Wildman–Crippen MR) is 89.3 cm³/mol. The second-order valence-electron chi connectivity index (χ2n) is 5.78. The van der Waals surface area contributed by atoms with Crippen molar-refractivity contribution in [3.8, 4) is 0 Å². The molecule has 2 heterocycles. The highest BCUT2D eigenvalue weighted by molar-refractivity contribution is 6.08. The van der Waals surface area contributed by atoms with Crippen molar-refractivity contribution in [2.24, 2.45) is 0 Å². The van der Waals surface area contributed by atoms with Gasteiger partial charge in [-0.2, -0.15) is 0 Å². The number of nitrogens with zero attached hydrogens (tertiary/aromatic N) is 2. The third-order valence-corrected chi connectivity index (χ3v) is 4.06. The lowest BCUT2D eigenvalue weighted by Crippen LogP contribution is -2.21. The highest BCUT2D eigenvalue weighted by Gasteiger charge is 2.25. The number of amides is 1. The van der Waals surface area contributed by atoms with Gasteiger partial charge in [-0.3, -0.25) is 14.4 Å². The van der Waals surface area contributed by atoms with Crippen LogP contribution >= 0.6 is 0 Å². The molecule has 0 radical (unpaired) electrons. The number of hydrogen-bond acceptors (Lipinski definition) is 4. The van der Waals surface area contributed by atoms with Crippen LogP contribution < -0.4 is 16.4 Å². The predicted octanol–water partition coefficient (Wildman–Crippen LogP) is 1.67. The molecular formula is C17H14N4O3. The Morgan fingerprint density at radius 2 is 2.04 bits per heavy atom. The number of fused-ring (bicyclic) bond motifs is 1. The first-order valence-corrected chi connectivity index (χ1v) is 7.63. The van der Waals surface area contributed by atoms with Crippen LogP contribution in [0.15, 0.2) is 52.4 Å². The van der Waals surface area contributed by atoms with Gasteiger partial charge in [0.25, 0.3) is 17.0 Å². The van der Waals surface area contributed by atoms with E-state index in [-0.39, 0.29) is 23.1 Å². The highest BCUT2D eigenvalue weighted by atomic mass is 16.2. The van der Waals surface area contributed by atoms with Crippen molar-refractivity contribution in [3.05, 3.63) is 69.1 Å². The Balaban J connectivity index is 1.70. The van der Waals surface area contributed by atoms with Gasteiger partial charge in [0.15, 0.2) is 0 Å². The molecule has 120 valence electrons. The topological polar surface area (TPSA) is 96.8 Å². The number of aromatic amines is 1. The van der Waals surface area contributed by atoms with Crippen molar-refractivity contribution in [2.75, 3.05) is 5.32 Å². The molecule has 0 spiro atoms. The number of para-hydroxylation sites is 1. The van der Waals surface area contributed by atoms with Crippen molar-refractivity contribution in [1.29, 1.82) is 0 Å².